The molecule has 48 heavy (non-hydrogen) atoms. The van der Waals surface area contributed by atoms with Crippen molar-refractivity contribution < 1.29 is 0 Å². The van der Waals surface area contributed by atoms with Gasteiger partial charge in [0, 0.05) is 16.7 Å². The zero-order chi connectivity index (χ0) is 31.9. The summed E-state index contributed by atoms with van der Waals surface area (Å²) in [6.07, 6.45) is 0. The molecule has 0 aliphatic heterocycles. The first-order valence-corrected chi connectivity index (χ1v) is 16.3. The second-order valence-corrected chi connectivity index (χ2v) is 12.2. The van der Waals surface area contributed by atoms with E-state index in [4.69, 9.17) is 9.97 Å². The first-order chi connectivity index (χ1) is 23.8. The fourth-order valence-electron chi connectivity index (χ4n) is 6.80. The van der Waals surface area contributed by atoms with Crippen molar-refractivity contribution in [3.63, 3.8) is 0 Å². The Balaban J connectivity index is 1.13. The molecule has 8 aromatic carbocycles. The average molecular weight is 611 g/mol. The predicted octanol–water partition coefficient (Wildman–Crippen LogP) is 12.3. The summed E-state index contributed by atoms with van der Waals surface area (Å²) in [6.45, 7) is 0. The second-order valence-electron chi connectivity index (χ2n) is 12.2. The maximum absolute atomic E-state index is 5.08. The third kappa shape index (κ3) is 5.10. The van der Waals surface area contributed by atoms with Crippen molar-refractivity contribution in [2.45, 2.75) is 0 Å². The molecule has 9 aromatic rings. The van der Waals surface area contributed by atoms with E-state index < -0.39 is 0 Å². The van der Waals surface area contributed by atoms with E-state index in [1.807, 2.05) is 24.3 Å². The molecule has 0 amide bonds. The number of hydrogen-bond acceptors (Lipinski definition) is 2. The van der Waals surface area contributed by atoms with Gasteiger partial charge in [-0.15, -0.1) is 0 Å². The van der Waals surface area contributed by atoms with Crippen LogP contribution in [0.4, 0.5) is 0 Å². The molecular formula is C46H30N2. The smallest absolute Gasteiger partial charge is 0.160 e. The number of hydrogen-bond donors (Lipinski definition) is 0. The summed E-state index contributed by atoms with van der Waals surface area (Å²) in [5.41, 5.74) is 9.64. The minimum atomic E-state index is 0.714. The molecule has 0 spiro atoms. The van der Waals surface area contributed by atoms with E-state index in [0.29, 0.717) is 5.82 Å². The Morgan fingerprint density at radius 3 is 1.65 bits per heavy atom. The Morgan fingerprint density at radius 2 is 0.875 bits per heavy atom. The largest absolute Gasteiger partial charge is 0.228 e. The van der Waals surface area contributed by atoms with E-state index >= 15 is 0 Å². The molecule has 1 aromatic heterocycles. The van der Waals surface area contributed by atoms with Crippen molar-refractivity contribution in [1.29, 1.82) is 0 Å². The minimum absolute atomic E-state index is 0.714. The summed E-state index contributed by atoms with van der Waals surface area (Å²) >= 11 is 0. The highest BCUT2D eigenvalue weighted by Crippen LogP contribution is 2.36. The standard InChI is InChI=1S/C46H30N2/c1-3-11-31(12-4-1)35-17-9-18-39(28-35)45-30-44(47-46(48-45)34-13-5-2-6-14-34)33-23-21-32(22-24-33)40-19-10-20-41-42(40)26-25-38-27-36-15-7-8-16-37(36)29-43(38)41/h1-30H. The molecule has 0 saturated carbocycles. The van der Waals surface area contributed by atoms with Gasteiger partial charge in [0.25, 0.3) is 0 Å². The zero-order valence-corrected chi connectivity index (χ0v) is 26.2. The van der Waals surface area contributed by atoms with Crippen molar-refractivity contribution in [2.75, 3.05) is 0 Å². The molecule has 0 saturated heterocycles. The van der Waals surface area contributed by atoms with Crippen LogP contribution >= 0.6 is 0 Å². The van der Waals surface area contributed by atoms with E-state index in [1.54, 1.807) is 0 Å². The lowest BCUT2D eigenvalue weighted by Crippen LogP contribution is -1.96. The lowest BCUT2D eigenvalue weighted by molar-refractivity contribution is 1.18. The molecule has 0 unspecified atom stereocenters. The van der Waals surface area contributed by atoms with Gasteiger partial charge in [0.05, 0.1) is 11.4 Å². The minimum Gasteiger partial charge on any atom is -0.228 e. The lowest BCUT2D eigenvalue weighted by Gasteiger charge is -2.12. The molecule has 0 radical (unpaired) electrons. The first kappa shape index (κ1) is 27.9. The van der Waals surface area contributed by atoms with Gasteiger partial charge in [-0.05, 0) is 78.8 Å². The summed E-state index contributed by atoms with van der Waals surface area (Å²) in [6, 6.07) is 64.6. The van der Waals surface area contributed by atoms with Gasteiger partial charge in [0.15, 0.2) is 5.82 Å². The molecular weight excluding hydrogens is 581 g/mol. The van der Waals surface area contributed by atoms with Crippen LogP contribution in [0.15, 0.2) is 182 Å². The van der Waals surface area contributed by atoms with Gasteiger partial charge in [-0.25, -0.2) is 9.97 Å². The quantitative estimate of drug-likeness (QED) is 0.143. The molecule has 1 heterocycles. The Hall–Kier alpha value is -6.38. The van der Waals surface area contributed by atoms with Crippen LogP contribution in [0, 0.1) is 0 Å². The monoisotopic (exact) mass is 610 g/mol. The highest BCUT2D eigenvalue weighted by Gasteiger charge is 2.13. The van der Waals surface area contributed by atoms with Crippen LogP contribution in [0.25, 0.3) is 88.5 Å². The molecule has 224 valence electrons. The van der Waals surface area contributed by atoms with Crippen LogP contribution in [-0.2, 0) is 0 Å². The Morgan fingerprint density at radius 1 is 0.271 bits per heavy atom. The molecule has 0 bridgehead atoms. The maximum Gasteiger partial charge on any atom is 0.160 e. The van der Waals surface area contributed by atoms with Gasteiger partial charge < -0.3 is 0 Å². The summed E-state index contributed by atoms with van der Waals surface area (Å²) in [4.78, 5) is 10.1. The van der Waals surface area contributed by atoms with Crippen molar-refractivity contribution >= 4 is 32.3 Å². The summed E-state index contributed by atoms with van der Waals surface area (Å²) in [5.74, 6) is 0.714. The van der Waals surface area contributed by atoms with Crippen LogP contribution < -0.4 is 0 Å². The van der Waals surface area contributed by atoms with Crippen LogP contribution in [0.2, 0.25) is 0 Å². The van der Waals surface area contributed by atoms with Gasteiger partial charge in [-0.3, -0.25) is 0 Å². The fourth-order valence-corrected chi connectivity index (χ4v) is 6.80. The van der Waals surface area contributed by atoms with Crippen LogP contribution in [0.5, 0.6) is 0 Å². The maximum atomic E-state index is 5.08. The molecule has 0 fully saturated rings. The summed E-state index contributed by atoms with van der Waals surface area (Å²) in [7, 11) is 0. The number of rotatable bonds is 5. The number of benzene rings is 8. The van der Waals surface area contributed by atoms with Gasteiger partial charge >= 0.3 is 0 Å². The van der Waals surface area contributed by atoms with Crippen molar-refractivity contribution in [3.05, 3.63) is 182 Å². The van der Waals surface area contributed by atoms with Gasteiger partial charge in [0.1, 0.15) is 0 Å². The fraction of sp³-hybridized carbons (Fsp3) is 0. The second kappa shape index (κ2) is 11.8. The highest BCUT2D eigenvalue weighted by atomic mass is 14.9. The van der Waals surface area contributed by atoms with E-state index in [2.05, 4.69) is 158 Å². The normalized spacial score (nSPS) is 11.3. The molecule has 0 N–H and O–H groups in total. The van der Waals surface area contributed by atoms with Crippen LogP contribution in [-0.4, -0.2) is 9.97 Å². The third-order valence-electron chi connectivity index (χ3n) is 9.26. The Labute approximate surface area is 279 Å². The van der Waals surface area contributed by atoms with Crippen molar-refractivity contribution in [1.82, 2.24) is 9.97 Å². The molecule has 2 nitrogen and oxygen atoms in total. The van der Waals surface area contributed by atoms with Gasteiger partial charge in [-0.1, -0.05) is 158 Å². The van der Waals surface area contributed by atoms with Crippen molar-refractivity contribution in [2.24, 2.45) is 0 Å². The molecule has 0 atom stereocenters. The summed E-state index contributed by atoms with van der Waals surface area (Å²) < 4.78 is 0. The average Bonchev–Trinajstić information content (AvgIpc) is 3.17. The number of fused-ring (bicyclic) bond motifs is 4. The van der Waals surface area contributed by atoms with Gasteiger partial charge in [-0.2, -0.15) is 0 Å². The topological polar surface area (TPSA) is 25.8 Å². The van der Waals surface area contributed by atoms with E-state index in [1.165, 1.54) is 49.0 Å². The predicted molar refractivity (Wildman–Crippen MR) is 202 cm³/mol. The molecule has 0 aliphatic carbocycles. The summed E-state index contributed by atoms with van der Waals surface area (Å²) in [5, 5.41) is 7.59. The third-order valence-corrected chi connectivity index (χ3v) is 9.26. The number of aromatic nitrogens is 2. The number of nitrogens with zero attached hydrogens (tertiary/aromatic N) is 2. The Bertz CT molecular complexity index is 2590. The van der Waals surface area contributed by atoms with E-state index in [0.717, 1.165) is 33.6 Å². The zero-order valence-electron chi connectivity index (χ0n) is 26.2. The molecule has 9 rings (SSSR count). The van der Waals surface area contributed by atoms with E-state index in [9.17, 15) is 0 Å². The van der Waals surface area contributed by atoms with Crippen molar-refractivity contribution in [3.8, 4) is 56.2 Å². The Kier molecular flexibility index (Phi) is 6.84. The lowest BCUT2D eigenvalue weighted by atomic mass is 9.93. The van der Waals surface area contributed by atoms with Crippen LogP contribution in [0.1, 0.15) is 0 Å². The van der Waals surface area contributed by atoms with Crippen LogP contribution in [0.3, 0.4) is 0 Å². The SMILES string of the molecule is c1ccc(-c2cccc(-c3cc(-c4ccc(-c5cccc6c5ccc5cc7ccccc7cc56)cc4)nc(-c4ccccc4)n3)c2)cc1. The molecule has 0 aliphatic rings. The highest BCUT2D eigenvalue weighted by molar-refractivity contribution is 6.15. The first-order valence-electron chi connectivity index (χ1n) is 16.3. The molecule has 2 heteroatoms. The van der Waals surface area contributed by atoms with E-state index in [-0.39, 0.29) is 0 Å². The van der Waals surface area contributed by atoms with Gasteiger partial charge in [0.2, 0.25) is 0 Å².